The molecule has 0 fully saturated rings. The molecule has 2 nitrogen and oxygen atoms in total. The smallest absolute Gasteiger partial charge is 0.0539 e. The maximum atomic E-state index is 5.29. The van der Waals surface area contributed by atoms with E-state index in [1.165, 1.54) is 0 Å². The first-order chi connectivity index (χ1) is 3.93. The van der Waals surface area contributed by atoms with Crippen molar-refractivity contribution in [3.8, 4) is 0 Å². The van der Waals surface area contributed by atoms with E-state index < -0.39 is 0 Å². The quantitative estimate of drug-likeness (QED) is 0.710. The van der Waals surface area contributed by atoms with Crippen LogP contribution in [0.5, 0.6) is 0 Å². The van der Waals surface area contributed by atoms with Crippen LogP contribution < -0.4 is 5.73 Å². The van der Waals surface area contributed by atoms with Gasteiger partial charge in [0, 0.05) is 12.7 Å². The maximum absolute atomic E-state index is 5.29. The van der Waals surface area contributed by atoms with E-state index in [1.54, 1.807) is 6.20 Å². The molecule has 2 N–H and O–H groups in total. The molecule has 0 spiro atoms. The molecule has 1 rings (SSSR count). The molecule has 0 aliphatic heterocycles. The Balaban J connectivity index is 0. The highest BCUT2D eigenvalue weighted by Crippen LogP contribution is 1.88. The minimum absolute atomic E-state index is 0. The lowest BCUT2D eigenvalue weighted by Crippen LogP contribution is -1.97. The van der Waals surface area contributed by atoms with Gasteiger partial charge >= 0.3 is 0 Å². The zero-order valence-corrected chi connectivity index (χ0v) is 6.99. The van der Waals surface area contributed by atoms with Crippen molar-refractivity contribution in [1.82, 2.24) is 4.98 Å². The van der Waals surface area contributed by atoms with Crippen LogP contribution in [0.25, 0.3) is 0 Å². The molecule has 0 aromatic carbocycles. The second kappa shape index (κ2) is 6.81. The summed E-state index contributed by atoms with van der Waals surface area (Å²) >= 11 is 0. The van der Waals surface area contributed by atoms with Crippen LogP contribution in [-0.2, 0) is 6.54 Å². The van der Waals surface area contributed by atoms with Crippen molar-refractivity contribution in [2.24, 2.45) is 5.73 Å². The number of pyridine rings is 1. The SMILES string of the molecule is Cl.Cl.NCc1ccccn1. The van der Waals surface area contributed by atoms with Crippen molar-refractivity contribution in [3.63, 3.8) is 0 Å². The minimum Gasteiger partial charge on any atom is -0.325 e. The summed E-state index contributed by atoms with van der Waals surface area (Å²) in [7, 11) is 0. The molecule has 0 radical (unpaired) electrons. The largest absolute Gasteiger partial charge is 0.325 e. The monoisotopic (exact) mass is 180 g/mol. The van der Waals surface area contributed by atoms with Gasteiger partial charge in [0.1, 0.15) is 0 Å². The Bertz CT molecular complexity index is 155. The van der Waals surface area contributed by atoms with Gasteiger partial charge in [-0.15, -0.1) is 24.8 Å². The Morgan fingerprint density at radius 3 is 2.30 bits per heavy atom. The summed E-state index contributed by atoms with van der Waals surface area (Å²) in [6, 6.07) is 5.70. The van der Waals surface area contributed by atoms with Gasteiger partial charge in [0.2, 0.25) is 0 Å². The molecule has 0 aliphatic carbocycles. The minimum atomic E-state index is 0. The van der Waals surface area contributed by atoms with Gasteiger partial charge in [-0.2, -0.15) is 0 Å². The third-order valence-electron chi connectivity index (χ3n) is 0.935. The van der Waals surface area contributed by atoms with E-state index in [0.29, 0.717) is 6.54 Å². The van der Waals surface area contributed by atoms with Gasteiger partial charge in [0.05, 0.1) is 5.69 Å². The molecular formula is C6H10Cl2N2. The molecule has 0 aliphatic rings. The van der Waals surface area contributed by atoms with Crippen molar-refractivity contribution >= 4 is 24.8 Å². The fourth-order valence-corrected chi connectivity index (χ4v) is 0.519. The van der Waals surface area contributed by atoms with Crippen LogP contribution in [-0.4, -0.2) is 4.98 Å². The van der Waals surface area contributed by atoms with Crippen LogP contribution in [0, 0.1) is 0 Å². The van der Waals surface area contributed by atoms with E-state index in [4.69, 9.17) is 5.73 Å². The highest BCUT2D eigenvalue weighted by Gasteiger charge is 1.81. The van der Waals surface area contributed by atoms with Crippen molar-refractivity contribution in [3.05, 3.63) is 30.1 Å². The molecule has 0 saturated heterocycles. The number of hydrogen-bond donors (Lipinski definition) is 1. The standard InChI is InChI=1S/C6H8N2.2ClH/c7-5-6-3-1-2-4-8-6;;/h1-4H,5,7H2;2*1H. The molecule has 58 valence electrons. The van der Waals surface area contributed by atoms with Crippen molar-refractivity contribution in [2.45, 2.75) is 6.54 Å². The summed E-state index contributed by atoms with van der Waals surface area (Å²) in [5.74, 6) is 0. The lowest BCUT2D eigenvalue weighted by Gasteiger charge is -1.89. The van der Waals surface area contributed by atoms with Crippen molar-refractivity contribution in [1.29, 1.82) is 0 Å². The first kappa shape index (κ1) is 12.4. The highest BCUT2D eigenvalue weighted by atomic mass is 35.5. The van der Waals surface area contributed by atoms with Gasteiger partial charge in [-0.05, 0) is 12.1 Å². The second-order valence-corrected chi connectivity index (χ2v) is 1.53. The first-order valence-electron chi connectivity index (χ1n) is 2.53. The molecule has 1 aromatic rings. The predicted octanol–water partition coefficient (Wildman–Crippen LogP) is 1.38. The number of nitrogens with zero attached hydrogens (tertiary/aromatic N) is 1. The molecule has 0 unspecified atom stereocenters. The lowest BCUT2D eigenvalue weighted by molar-refractivity contribution is 0.991. The van der Waals surface area contributed by atoms with Crippen LogP contribution >= 0.6 is 24.8 Å². The van der Waals surface area contributed by atoms with Gasteiger partial charge in [-0.1, -0.05) is 6.07 Å². The zero-order chi connectivity index (χ0) is 5.82. The summed E-state index contributed by atoms with van der Waals surface area (Å²) in [6.07, 6.45) is 1.74. The average Bonchev–Trinajstić information content (AvgIpc) is 1.90. The van der Waals surface area contributed by atoms with Gasteiger partial charge in [0.25, 0.3) is 0 Å². The summed E-state index contributed by atoms with van der Waals surface area (Å²) in [6.45, 7) is 0.529. The molecule has 1 aromatic heterocycles. The Morgan fingerprint density at radius 2 is 2.00 bits per heavy atom. The Labute approximate surface area is 72.7 Å². The summed E-state index contributed by atoms with van der Waals surface area (Å²) < 4.78 is 0. The van der Waals surface area contributed by atoms with Crippen LogP contribution in [0.1, 0.15) is 5.69 Å². The van der Waals surface area contributed by atoms with Gasteiger partial charge in [0.15, 0.2) is 0 Å². The van der Waals surface area contributed by atoms with Gasteiger partial charge < -0.3 is 5.73 Å². The predicted molar refractivity (Wildman–Crippen MR) is 46.6 cm³/mol. The van der Waals surface area contributed by atoms with E-state index in [9.17, 15) is 0 Å². The fourth-order valence-electron chi connectivity index (χ4n) is 0.519. The van der Waals surface area contributed by atoms with E-state index in [2.05, 4.69) is 4.98 Å². The normalized spacial score (nSPS) is 7.30. The Hall–Kier alpha value is -0.310. The topological polar surface area (TPSA) is 38.9 Å². The molecule has 10 heavy (non-hydrogen) atoms. The lowest BCUT2D eigenvalue weighted by atomic mass is 10.4. The van der Waals surface area contributed by atoms with E-state index >= 15 is 0 Å². The number of nitrogens with two attached hydrogens (primary N) is 1. The fraction of sp³-hybridized carbons (Fsp3) is 0.167. The number of hydrogen-bond acceptors (Lipinski definition) is 2. The first-order valence-corrected chi connectivity index (χ1v) is 2.53. The number of halogens is 2. The molecule has 0 atom stereocenters. The van der Waals surface area contributed by atoms with Crippen LogP contribution in [0.2, 0.25) is 0 Å². The molecular weight excluding hydrogens is 171 g/mol. The summed E-state index contributed by atoms with van der Waals surface area (Å²) in [5, 5.41) is 0. The third-order valence-corrected chi connectivity index (χ3v) is 0.935. The number of rotatable bonds is 1. The Morgan fingerprint density at radius 1 is 1.30 bits per heavy atom. The maximum Gasteiger partial charge on any atom is 0.0539 e. The molecule has 0 saturated carbocycles. The average molecular weight is 181 g/mol. The van der Waals surface area contributed by atoms with Crippen molar-refractivity contribution < 1.29 is 0 Å². The van der Waals surface area contributed by atoms with Crippen LogP contribution in [0.4, 0.5) is 0 Å². The summed E-state index contributed by atoms with van der Waals surface area (Å²) in [4.78, 5) is 3.97. The van der Waals surface area contributed by atoms with E-state index in [-0.39, 0.29) is 24.8 Å². The Kier molecular flexibility index (Phi) is 8.42. The molecule has 0 bridgehead atoms. The van der Waals surface area contributed by atoms with Gasteiger partial charge in [-0.25, -0.2) is 0 Å². The van der Waals surface area contributed by atoms with Crippen molar-refractivity contribution in [2.75, 3.05) is 0 Å². The third kappa shape index (κ3) is 3.67. The summed E-state index contributed by atoms with van der Waals surface area (Å²) in [5.41, 5.74) is 6.22. The second-order valence-electron chi connectivity index (χ2n) is 1.53. The van der Waals surface area contributed by atoms with Crippen LogP contribution in [0.3, 0.4) is 0 Å². The highest BCUT2D eigenvalue weighted by molar-refractivity contribution is 5.85. The molecule has 0 amide bonds. The van der Waals surface area contributed by atoms with Gasteiger partial charge in [-0.3, -0.25) is 4.98 Å². The number of aromatic nitrogens is 1. The molecule has 1 heterocycles. The van der Waals surface area contributed by atoms with E-state index in [1.807, 2.05) is 18.2 Å². The van der Waals surface area contributed by atoms with Crippen LogP contribution in [0.15, 0.2) is 24.4 Å². The van der Waals surface area contributed by atoms with E-state index in [0.717, 1.165) is 5.69 Å². The molecule has 4 heteroatoms. The zero-order valence-electron chi connectivity index (χ0n) is 5.36.